The third kappa shape index (κ3) is 2.95. The molecule has 0 bridgehead atoms. The van der Waals surface area contributed by atoms with Gasteiger partial charge in [0.15, 0.2) is 0 Å². The smallest absolute Gasteiger partial charge is 0.356 e. The van der Waals surface area contributed by atoms with Crippen molar-refractivity contribution in [1.29, 1.82) is 0 Å². The summed E-state index contributed by atoms with van der Waals surface area (Å²) in [4.78, 5) is 28.0. The quantitative estimate of drug-likeness (QED) is 0.885. The van der Waals surface area contributed by atoms with Crippen LogP contribution in [0.4, 0.5) is 0 Å². The Hall–Kier alpha value is -2.69. The number of hydrogen-bond donors (Lipinski definition) is 1. The van der Waals surface area contributed by atoms with Crippen LogP contribution in [0.1, 0.15) is 44.9 Å². The van der Waals surface area contributed by atoms with Crippen LogP contribution in [0, 0.1) is 5.92 Å². The van der Waals surface area contributed by atoms with Crippen LogP contribution in [0.5, 0.6) is 0 Å². The van der Waals surface area contributed by atoms with Crippen molar-refractivity contribution in [2.75, 3.05) is 7.11 Å². The SMILES string of the molecule is COC(=O)c1cc(C(=O)N[C@H]2c3ccccc3C[C@H]2C)ccn1. The van der Waals surface area contributed by atoms with Crippen LogP contribution in [0.2, 0.25) is 0 Å². The molecule has 0 saturated carbocycles. The van der Waals surface area contributed by atoms with E-state index in [1.165, 1.54) is 24.9 Å². The normalized spacial score (nSPS) is 19.0. The van der Waals surface area contributed by atoms with Gasteiger partial charge in [-0.1, -0.05) is 31.2 Å². The van der Waals surface area contributed by atoms with Gasteiger partial charge in [-0.15, -0.1) is 0 Å². The lowest BCUT2D eigenvalue weighted by atomic mass is 10.0. The molecule has 0 radical (unpaired) electrons. The molecule has 1 aromatic carbocycles. The highest BCUT2D eigenvalue weighted by Gasteiger charge is 2.30. The molecule has 5 nitrogen and oxygen atoms in total. The summed E-state index contributed by atoms with van der Waals surface area (Å²) in [6, 6.07) is 11.2. The Balaban J connectivity index is 1.81. The van der Waals surface area contributed by atoms with E-state index in [-0.39, 0.29) is 17.6 Å². The molecule has 23 heavy (non-hydrogen) atoms. The second kappa shape index (κ2) is 6.20. The van der Waals surface area contributed by atoms with Crippen LogP contribution in [-0.2, 0) is 11.2 Å². The van der Waals surface area contributed by atoms with Crippen molar-refractivity contribution in [2.24, 2.45) is 5.92 Å². The van der Waals surface area contributed by atoms with Crippen LogP contribution >= 0.6 is 0 Å². The van der Waals surface area contributed by atoms with Gasteiger partial charge in [0.25, 0.3) is 5.91 Å². The van der Waals surface area contributed by atoms with Crippen molar-refractivity contribution in [1.82, 2.24) is 10.3 Å². The Bertz CT molecular complexity index is 757. The first-order valence-corrected chi connectivity index (χ1v) is 7.53. The van der Waals surface area contributed by atoms with Crippen molar-refractivity contribution in [3.8, 4) is 0 Å². The fourth-order valence-electron chi connectivity index (χ4n) is 3.03. The molecule has 1 heterocycles. The van der Waals surface area contributed by atoms with Crippen LogP contribution < -0.4 is 5.32 Å². The number of esters is 1. The number of ether oxygens (including phenoxy) is 1. The van der Waals surface area contributed by atoms with Gasteiger partial charge in [-0.2, -0.15) is 0 Å². The molecule has 2 aromatic rings. The van der Waals surface area contributed by atoms with Gasteiger partial charge in [0, 0.05) is 11.8 Å². The molecule has 0 fully saturated rings. The summed E-state index contributed by atoms with van der Waals surface area (Å²) in [6.45, 7) is 2.12. The van der Waals surface area contributed by atoms with Gasteiger partial charge in [-0.25, -0.2) is 9.78 Å². The second-order valence-electron chi connectivity index (χ2n) is 5.75. The average Bonchev–Trinajstić information content (AvgIpc) is 2.90. The highest BCUT2D eigenvalue weighted by Crippen LogP contribution is 2.35. The first-order valence-electron chi connectivity index (χ1n) is 7.53. The summed E-state index contributed by atoms with van der Waals surface area (Å²) in [5, 5.41) is 3.07. The Morgan fingerprint density at radius 1 is 1.26 bits per heavy atom. The molecule has 0 saturated heterocycles. The lowest BCUT2D eigenvalue weighted by Gasteiger charge is -2.19. The monoisotopic (exact) mass is 310 g/mol. The molecule has 0 spiro atoms. The first-order chi connectivity index (χ1) is 11.1. The number of carbonyl (C=O) groups excluding carboxylic acids is 2. The predicted octanol–water partition coefficient (Wildman–Crippen LogP) is 2.53. The number of methoxy groups -OCH3 is 1. The Labute approximate surface area is 134 Å². The number of hydrogen-bond acceptors (Lipinski definition) is 4. The molecular weight excluding hydrogens is 292 g/mol. The lowest BCUT2D eigenvalue weighted by Crippen LogP contribution is -2.30. The van der Waals surface area contributed by atoms with Crippen molar-refractivity contribution in [3.05, 3.63) is 65.0 Å². The molecule has 1 amide bonds. The van der Waals surface area contributed by atoms with E-state index in [1.54, 1.807) is 6.07 Å². The summed E-state index contributed by atoms with van der Waals surface area (Å²) in [6.07, 6.45) is 2.39. The topological polar surface area (TPSA) is 68.3 Å². The minimum Gasteiger partial charge on any atom is -0.464 e. The van der Waals surface area contributed by atoms with Gasteiger partial charge in [-0.05, 0) is 35.6 Å². The average molecular weight is 310 g/mol. The molecular formula is C18H18N2O3. The van der Waals surface area contributed by atoms with Crippen molar-refractivity contribution < 1.29 is 14.3 Å². The predicted molar refractivity (Wildman–Crippen MR) is 85.1 cm³/mol. The number of pyridine rings is 1. The van der Waals surface area contributed by atoms with E-state index >= 15 is 0 Å². The third-order valence-corrected chi connectivity index (χ3v) is 4.20. The van der Waals surface area contributed by atoms with Crippen molar-refractivity contribution >= 4 is 11.9 Å². The van der Waals surface area contributed by atoms with Crippen LogP contribution in [0.15, 0.2) is 42.6 Å². The summed E-state index contributed by atoms with van der Waals surface area (Å²) >= 11 is 0. The van der Waals surface area contributed by atoms with E-state index in [0.29, 0.717) is 11.5 Å². The lowest BCUT2D eigenvalue weighted by molar-refractivity contribution is 0.0594. The number of fused-ring (bicyclic) bond motifs is 1. The zero-order valence-electron chi connectivity index (χ0n) is 13.1. The highest BCUT2D eigenvalue weighted by molar-refractivity contribution is 5.97. The fraction of sp³-hybridized carbons (Fsp3) is 0.278. The maximum Gasteiger partial charge on any atom is 0.356 e. The summed E-state index contributed by atoms with van der Waals surface area (Å²) in [7, 11) is 1.29. The number of aromatic nitrogens is 1. The molecule has 5 heteroatoms. The minimum atomic E-state index is -0.556. The van der Waals surface area contributed by atoms with Gasteiger partial charge < -0.3 is 10.1 Å². The fourth-order valence-corrected chi connectivity index (χ4v) is 3.03. The molecule has 0 unspecified atom stereocenters. The van der Waals surface area contributed by atoms with E-state index < -0.39 is 5.97 Å². The maximum atomic E-state index is 12.5. The largest absolute Gasteiger partial charge is 0.464 e. The van der Waals surface area contributed by atoms with E-state index in [0.717, 1.165) is 12.0 Å². The van der Waals surface area contributed by atoms with E-state index in [1.807, 2.05) is 12.1 Å². The number of rotatable bonds is 3. The van der Waals surface area contributed by atoms with Gasteiger partial charge in [0.05, 0.1) is 13.2 Å². The van der Waals surface area contributed by atoms with Gasteiger partial charge in [0.1, 0.15) is 5.69 Å². The molecule has 118 valence electrons. The number of nitrogens with one attached hydrogen (secondary N) is 1. The maximum absolute atomic E-state index is 12.5. The van der Waals surface area contributed by atoms with Crippen LogP contribution in [0.3, 0.4) is 0 Å². The third-order valence-electron chi connectivity index (χ3n) is 4.20. The van der Waals surface area contributed by atoms with Crippen molar-refractivity contribution in [3.63, 3.8) is 0 Å². The zero-order chi connectivity index (χ0) is 16.4. The Morgan fingerprint density at radius 3 is 2.83 bits per heavy atom. The van der Waals surface area contributed by atoms with E-state index in [4.69, 9.17) is 0 Å². The molecule has 0 aliphatic heterocycles. The minimum absolute atomic E-state index is 0.0200. The highest BCUT2D eigenvalue weighted by atomic mass is 16.5. The second-order valence-corrected chi connectivity index (χ2v) is 5.75. The first kappa shape index (κ1) is 15.2. The number of benzene rings is 1. The number of amides is 1. The molecule has 1 aromatic heterocycles. The molecule has 1 aliphatic carbocycles. The van der Waals surface area contributed by atoms with E-state index in [9.17, 15) is 9.59 Å². The summed E-state index contributed by atoms with van der Waals surface area (Å²) in [5.41, 5.74) is 2.96. The van der Waals surface area contributed by atoms with Crippen LogP contribution in [-0.4, -0.2) is 24.0 Å². The summed E-state index contributed by atoms with van der Waals surface area (Å²) in [5.74, 6) is -0.441. The molecule has 2 atom stereocenters. The Kier molecular flexibility index (Phi) is 4.10. The molecule has 1 aliphatic rings. The van der Waals surface area contributed by atoms with E-state index in [2.05, 4.69) is 34.1 Å². The number of carbonyl (C=O) groups is 2. The van der Waals surface area contributed by atoms with Gasteiger partial charge in [-0.3, -0.25) is 4.79 Å². The molecule has 1 N–H and O–H groups in total. The Morgan fingerprint density at radius 2 is 2.04 bits per heavy atom. The molecule has 3 rings (SSSR count). The zero-order valence-corrected chi connectivity index (χ0v) is 13.1. The number of nitrogens with zero attached hydrogens (tertiary/aromatic N) is 1. The van der Waals surface area contributed by atoms with Gasteiger partial charge >= 0.3 is 5.97 Å². The standard InChI is InChI=1S/C18H18N2O3/c1-11-9-12-5-3-4-6-14(12)16(11)20-17(21)13-7-8-19-15(10-13)18(22)23-2/h3-8,10-11,16H,9H2,1-2H3,(H,20,21)/t11-,16-/m1/s1. The van der Waals surface area contributed by atoms with Gasteiger partial charge in [0.2, 0.25) is 0 Å². The van der Waals surface area contributed by atoms with Crippen LogP contribution in [0.25, 0.3) is 0 Å². The van der Waals surface area contributed by atoms with Crippen molar-refractivity contribution in [2.45, 2.75) is 19.4 Å². The summed E-state index contributed by atoms with van der Waals surface area (Å²) < 4.78 is 4.63.